The molecule has 1 aliphatic rings. The molecule has 4 nitrogen and oxygen atoms in total. The molecule has 2 rings (SSSR count). The number of hydrogen-bond acceptors (Lipinski definition) is 3. The molecule has 1 heterocycles. The van der Waals surface area contributed by atoms with E-state index in [1.165, 1.54) is 12.8 Å². The van der Waals surface area contributed by atoms with Crippen LogP contribution in [0.1, 0.15) is 23.2 Å². The van der Waals surface area contributed by atoms with Crippen molar-refractivity contribution >= 4 is 23.2 Å². The largest absolute Gasteiger partial charge is 0.399 e. The van der Waals surface area contributed by atoms with Crippen molar-refractivity contribution in [3.63, 3.8) is 0 Å². The van der Waals surface area contributed by atoms with Crippen molar-refractivity contribution in [2.75, 3.05) is 39.0 Å². The van der Waals surface area contributed by atoms with Gasteiger partial charge in [0, 0.05) is 25.8 Å². The second kappa shape index (κ2) is 6.26. The molecule has 0 radical (unpaired) electrons. The standard InChI is InChI=1S/C14H20ClN3O/c1-17(8-9-18-6-2-3-7-18)14(19)12-5-4-11(16)10-13(12)15/h4-5,10H,2-3,6-9,16H2,1H3. The van der Waals surface area contributed by atoms with Gasteiger partial charge in [-0.2, -0.15) is 0 Å². The Kier molecular flexibility index (Phi) is 4.66. The molecule has 0 aliphatic carbocycles. The van der Waals surface area contributed by atoms with E-state index >= 15 is 0 Å². The first-order chi connectivity index (χ1) is 9.08. The third-order valence-corrected chi connectivity index (χ3v) is 3.83. The lowest BCUT2D eigenvalue weighted by Crippen LogP contribution is -2.35. The second-order valence-electron chi connectivity index (χ2n) is 5.01. The number of likely N-dealkylation sites (N-methyl/N-ethyl adjacent to an activating group) is 1. The maximum atomic E-state index is 12.3. The van der Waals surface area contributed by atoms with Crippen molar-refractivity contribution in [3.8, 4) is 0 Å². The summed E-state index contributed by atoms with van der Waals surface area (Å²) in [5.41, 5.74) is 6.71. The van der Waals surface area contributed by atoms with Crippen LogP contribution in [0.3, 0.4) is 0 Å². The smallest absolute Gasteiger partial charge is 0.255 e. The number of halogens is 1. The topological polar surface area (TPSA) is 49.6 Å². The highest BCUT2D eigenvalue weighted by Gasteiger charge is 2.17. The predicted octanol–water partition coefficient (Wildman–Crippen LogP) is 2.09. The van der Waals surface area contributed by atoms with E-state index in [9.17, 15) is 4.79 Å². The molecule has 0 atom stereocenters. The molecule has 1 amide bonds. The van der Waals surface area contributed by atoms with Gasteiger partial charge < -0.3 is 15.5 Å². The Hall–Kier alpha value is -1.26. The number of nitrogens with two attached hydrogens (primary N) is 1. The van der Waals surface area contributed by atoms with Crippen molar-refractivity contribution in [1.82, 2.24) is 9.80 Å². The molecular weight excluding hydrogens is 262 g/mol. The van der Waals surface area contributed by atoms with Gasteiger partial charge >= 0.3 is 0 Å². The third kappa shape index (κ3) is 3.61. The highest BCUT2D eigenvalue weighted by molar-refractivity contribution is 6.34. The average molecular weight is 282 g/mol. The number of benzene rings is 1. The number of nitrogens with zero attached hydrogens (tertiary/aromatic N) is 2. The zero-order valence-corrected chi connectivity index (χ0v) is 12.0. The SMILES string of the molecule is CN(CCN1CCCC1)C(=O)c1ccc(N)cc1Cl. The molecule has 0 unspecified atom stereocenters. The number of hydrogen-bond donors (Lipinski definition) is 1. The number of anilines is 1. The summed E-state index contributed by atoms with van der Waals surface area (Å²) in [4.78, 5) is 16.4. The Morgan fingerprint density at radius 3 is 2.74 bits per heavy atom. The lowest BCUT2D eigenvalue weighted by Gasteiger charge is -2.22. The zero-order chi connectivity index (χ0) is 13.8. The Labute approximate surface area is 119 Å². The van der Waals surface area contributed by atoms with Gasteiger partial charge in [0.15, 0.2) is 0 Å². The first kappa shape index (κ1) is 14.2. The van der Waals surface area contributed by atoms with Gasteiger partial charge in [-0.25, -0.2) is 0 Å². The molecule has 0 aromatic heterocycles. The van der Waals surface area contributed by atoms with Gasteiger partial charge in [0.1, 0.15) is 0 Å². The highest BCUT2D eigenvalue weighted by Crippen LogP contribution is 2.20. The lowest BCUT2D eigenvalue weighted by molar-refractivity contribution is 0.0782. The maximum Gasteiger partial charge on any atom is 0.255 e. The van der Waals surface area contributed by atoms with E-state index in [1.807, 2.05) is 7.05 Å². The van der Waals surface area contributed by atoms with E-state index < -0.39 is 0 Å². The molecule has 104 valence electrons. The van der Waals surface area contributed by atoms with Gasteiger partial charge in [0.25, 0.3) is 5.91 Å². The number of rotatable bonds is 4. The zero-order valence-electron chi connectivity index (χ0n) is 11.2. The van der Waals surface area contributed by atoms with Crippen LogP contribution >= 0.6 is 11.6 Å². The van der Waals surface area contributed by atoms with Gasteiger partial charge in [0.05, 0.1) is 10.6 Å². The minimum atomic E-state index is -0.0517. The van der Waals surface area contributed by atoms with Crippen LogP contribution in [0.25, 0.3) is 0 Å². The molecule has 19 heavy (non-hydrogen) atoms. The summed E-state index contributed by atoms with van der Waals surface area (Å²) in [6.07, 6.45) is 2.53. The first-order valence-electron chi connectivity index (χ1n) is 6.61. The summed E-state index contributed by atoms with van der Waals surface area (Å²) < 4.78 is 0. The Morgan fingerprint density at radius 2 is 2.11 bits per heavy atom. The molecule has 1 aromatic rings. The van der Waals surface area contributed by atoms with Crippen molar-refractivity contribution in [1.29, 1.82) is 0 Å². The lowest BCUT2D eigenvalue weighted by atomic mass is 10.2. The van der Waals surface area contributed by atoms with Crippen LogP contribution in [-0.2, 0) is 0 Å². The number of amides is 1. The fourth-order valence-electron chi connectivity index (χ4n) is 2.31. The summed E-state index contributed by atoms with van der Waals surface area (Å²) >= 11 is 6.06. The monoisotopic (exact) mass is 281 g/mol. The third-order valence-electron chi connectivity index (χ3n) is 3.52. The molecular formula is C14H20ClN3O. The van der Waals surface area contributed by atoms with Gasteiger partial charge in [-0.15, -0.1) is 0 Å². The van der Waals surface area contributed by atoms with E-state index in [-0.39, 0.29) is 5.91 Å². The van der Waals surface area contributed by atoms with Gasteiger partial charge in [-0.1, -0.05) is 11.6 Å². The van der Waals surface area contributed by atoms with Gasteiger partial charge in [0.2, 0.25) is 0 Å². The number of nitrogen functional groups attached to an aromatic ring is 1. The minimum Gasteiger partial charge on any atom is -0.399 e. The van der Waals surface area contributed by atoms with E-state index in [2.05, 4.69) is 4.90 Å². The van der Waals surface area contributed by atoms with E-state index in [1.54, 1.807) is 23.1 Å². The highest BCUT2D eigenvalue weighted by atomic mass is 35.5. The van der Waals surface area contributed by atoms with Crippen molar-refractivity contribution < 1.29 is 4.79 Å². The molecule has 1 saturated heterocycles. The number of carbonyl (C=O) groups is 1. The molecule has 0 saturated carbocycles. The van der Waals surface area contributed by atoms with Crippen LogP contribution in [-0.4, -0.2) is 48.9 Å². The molecule has 1 fully saturated rings. The second-order valence-corrected chi connectivity index (χ2v) is 5.42. The minimum absolute atomic E-state index is 0.0517. The Balaban J connectivity index is 1.94. The molecule has 1 aliphatic heterocycles. The van der Waals surface area contributed by atoms with Crippen LogP contribution in [0.15, 0.2) is 18.2 Å². The van der Waals surface area contributed by atoms with Crippen molar-refractivity contribution in [2.24, 2.45) is 0 Å². The maximum absolute atomic E-state index is 12.3. The van der Waals surface area contributed by atoms with Crippen molar-refractivity contribution in [2.45, 2.75) is 12.8 Å². The Bertz CT molecular complexity index is 458. The average Bonchev–Trinajstić information content (AvgIpc) is 2.88. The van der Waals surface area contributed by atoms with Crippen LogP contribution in [0, 0.1) is 0 Å². The van der Waals surface area contributed by atoms with Crippen LogP contribution in [0.2, 0.25) is 5.02 Å². The number of likely N-dealkylation sites (tertiary alicyclic amines) is 1. The molecule has 0 spiro atoms. The fourth-order valence-corrected chi connectivity index (χ4v) is 2.58. The molecule has 1 aromatic carbocycles. The summed E-state index contributed by atoms with van der Waals surface area (Å²) in [5, 5.41) is 0.415. The summed E-state index contributed by atoms with van der Waals surface area (Å²) in [7, 11) is 1.81. The first-order valence-corrected chi connectivity index (χ1v) is 6.98. The molecule has 5 heteroatoms. The quantitative estimate of drug-likeness (QED) is 0.860. The van der Waals surface area contributed by atoms with E-state index in [0.29, 0.717) is 16.3 Å². The van der Waals surface area contributed by atoms with Crippen LogP contribution in [0.5, 0.6) is 0 Å². The van der Waals surface area contributed by atoms with Gasteiger partial charge in [-0.3, -0.25) is 4.79 Å². The Morgan fingerprint density at radius 1 is 1.42 bits per heavy atom. The predicted molar refractivity (Wildman–Crippen MR) is 78.5 cm³/mol. The summed E-state index contributed by atoms with van der Waals surface area (Å²) in [6, 6.07) is 5.00. The van der Waals surface area contributed by atoms with Crippen molar-refractivity contribution in [3.05, 3.63) is 28.8 Å². The molecule has 0 bridgehead atoms. The summed E-state index contributed by atoms with van der Waals surface area (Å²) in [5.74, 6) is -0.0517. The number of carbonyl (C=O) groups excluding carboxylic acids is 1. The normalized spacial score (nSPS) is 15.7. The van der Waals surface area contributed by atoms with Crippen LogP contribution < -0.4 is 5.73 Å². The summed E-state index contributed by atoms with van der Waals surface area (Å²) in [6.45, 7) is 3.93. The fraction of sp³-hybridized carbons (Fsp3) is 0.500. The van der Waals surface area contributed by atoms with Gasteiger partial charge in [-0.05, 0) is 44.1 Å². The van der Waals surface area contributed by atoms with E-state index in [4.69, 9.17) is 17.3 Å². The van der Waals surface area contributed by atoms with E-state index in [0.717, 1.165) is 26.2 Å². The van der Waals surface area contributed by atoms with Crippen LogP contribution in [0.4, 0.5) is 5.69 Å². The molecule has 2 N–H and O–H groups in total.